The van der Waals surface area contributed by atoms with E-state index in [0.29, 0.717) is 47.9 Å². The van der Waals surface area contributed by atoms with Crippen molar-refractivity contribution in [3.63, 3.8) is 0 Å². The van der Waals surface area contributed by atoms with Crippen LogP contribution >= 0.6 is 0 Å². The van der Waals surface area contributed by atoms with Crippen molar-refractivity contribution in [2.75, 3.05) is 6.61 Å². The summed E-state index contributed by atoms with van der Waals surface area (Å²) in [5, 5.41) is 22.8. The number of nitrogens with one attached hydrogen (secondary N) is 3. The number of aryl methyl sites for hydroxylation is 2. The van der Waals surface area contributed by atoms with Crippen LogP contribution in [0.3, 0.4) is 0 Å². The van der Waals surface area contributed by atoms with Crippen molar-refractivity contribution in [2.24, 2.45) is 0 Å². The van der Waals surface area contributed by atoms with Crippen molar-refractivity contribution >= 4 is 28.1 Å². The van der Waals surface area contributed by atoms with E-state index in [1.54, 1.807) is 26.0 Å². The Labute approximate surface area is 235 Å². The van der Waals surface area contributed by atoms with E-state index >= 15 is 0 Å². The first-order valence-electron chi connectivity index (χ1n) is 13.0. The highest BCUT2D eigenvalue weighted by molar-refractivity contribution is 5.84. The molecule has 0 amide bonds. The minimum atomic E-state index is -0.325. The maximum atomic E-state index is 12.4. The molecule has 0 aliphatic rings. The molecule has 1 heterocycles. The zero-order chi connectivity index (χ0) is 29.7. The van der Waals surface area contributed by atoms with Crippen LogP contribution in [0.2, 0.25) is 0 Å². The van der Waals surface area contributed by atoms with Gasteiger partial charge in [0.2, 0.25) is 0 Å². The van der Waals surface area contributed by atoms with Crippen LogP contribution in [0.5, 0.6) is 5.75 Å². The second-order valence-corrected chi connectivity index (χ2v) is 9.81. The van der Waals surface area contributed by atoms with Gasteiger partial charge in [-0.2, -0.15) is 0 Å². The van der Waals surface area contributed by atoms with Crippen molar-refractivity contribution in [1.82, 2.24) is 0 Å². The second-order valence-electron chi connectivity index (χ2n) is 9.81. The maximum Gasteiger partial charge on any atom is 0.336 e. The van der Waals surface area contributed by atoms with Gasteiger partial charge >= 0.3 is 5.63 Å². The summed E-state index contributed by atoms with van der Waals surface area (Å²) in [5.74, 6) is 0.373. The van der Waals surface area contributed by atoms with Crippen LogP contribution in [-0.2, 0) is 12.8 Å². The van der Waals surface area contributed by atoms with E-state index in [2.05, 4.69) is 31.2 Å². The molecule has 0 aliphatic carbocycles. The average molecular weight is 544 g/mol. The van der Waals surface area contributed by atoms with Crippen molar-refractivity contribution in [3.05, 3.63) is 111 Å². The van der Waals surface area contributed by atoms with Gasteiger partial charge in [-0.3, -0.25) is 0 Å². The van der Waals surface area contributed by atoms with Crippen LogP contribution in [0.15, 0.2) is 82.0 Å². The fourth-order valence-corrected chi connectivity index (χ4v) is 3.65. The van der Waals surface area contributed by atoms with Crippen LogP contribution < -0.4 is 10.4 Å². The second kappa shape index (κ2) is 15.9. The van der Waals surface area contributed by atoms with Crippen molar-refractivity contribution in [1.29, 1.82) is 16.2 Å². The van der Waals surface area contributed by atoms with E-state index in [0.717, 1.165) is 22.9 Å². The molecular formula is C33H38FN3O3. The van der Waals surface area contributed by atoms with E-state index < -0.39 is 0 Å². The molecule has 3 aromatic carbocycles. The lowest BCUT2D eigenvalue weighted by molar-refractivity contribution is 0.328. The highest BCUT2D eigenvalue weighted by Crippen LogP contribution is 2.18. The number of fused-ring (bicyclic) bond motifs is 1. The number of rotatable bonds is 8. The topological polar surface area (TPSA) is 111 Å². The van der Waals surface area contributed by atoms with Crippen LogP contribution in [0.25, 0.3) is 11.0 Å². The number of ether oxygens (including phenoxy) is 1. The summed E-state index contributed by atoms with van der Waals surface area (Å²) in [5.41, 5.74) is 6.58. The molecule has 1 aromatic heterocycles. The molecule has 6 nitrogen and oxygen atoms in total. The molecule has 0 saturated heterocycles. The smallest absolute Gasteiger partial charge is 0.336 e. The lowest BCUT2D eigenvalue weighted by Crippen LogP contribution is -2.01. The number of benzene rings is 3. The van der Waals surface area contributed by atoms with Crippen molar-refractivity contribution in [3.8, 4) is 5.75 Å². The van der Waals surface area contributed by atoms with E-state index in [1.807, 2.05) is 32.0 Å². The zero-order valence-electron chi connectivity index (χ0n) is 23.9. The summed E-state index contributed by atoms with van der Waals surface area (Å²) in [7, 11) is 0. The predicted molar refractivity (Wildman–Crippen MR) is 163 cm³/mol. The van der Waals surface area contributed by atoms with Gasteiger partial charge < -0.3 is 25.4 Å². The van der Waals surface area contributed by atoms with Gasteiger partial charge in [0.25, 0.3) is 0 Å². The fraction of sp³-hybridized carbons (Fsp3) is 0.273. The molecule has 7 heteroatoms. The van der Waals surface area contributed by atoms with E-state index in [4.69, 9.17) is 25.4 Å². The molecule has 0 unspecified atom stereocenters. The monoisotopic (exact) mass is 543 g/mol. The third-order valence-electron chi connectivity index (χ3n) is 5.63. The van der Waals surface area contributed by atoms with E-state index in [1.165, 1.54) is 29.3 Å². The minimum Gasteiger partial charge on any atom is -0.493 e. The summed E-state index contributed by atoms with van der Waals surface area (Å²) in [6.07, 6.45) is 1.98. The van der Waals surface area contributed by atoms with E-state index in [9.17, 15) is 9.18 Å². The Morgan fingerprint density at radius 3 is 1.93 bits per heavy atom. The lowest BCUT2D eigenvalue weighted by atomic mass is 10.1. The maximum absolute atomic E-state index is 12.4. The third kappa shape index (κ3) is 12.0. The summed E-state index contributed by atoms with van der Waals surface area (Å²) < 4.78 is 22.9. The van der Waals surface area contributed by atoms with E-state index in [-0.39, 0.29) is 11.4 Å². The summed E-state index contributed by atoms with van der Waals surface area (Å²) in [4.78, 5) is 11.2. The molecule has 0 saturated carbocycles. The predicted octanol–water partition coefficient (Wildman–Crippen LogP) is 7.90. The fourth-order valence-electron chi connectivity index (χ4n) is 3.65. The minimum absolute atomic E-state index is 0.268. The summed E-state index contributed by atoms with van der Waals surface area (Å²) in [6, 6.07) is 21.4. The molecule has 0 aliphatic heterocycles. The molecule has 4 rings (SSSR count). The lowest BCUT2D eigenvalue weighted by Gasteiger charge is -2.04. The van der Waals surface area contributed by atoms with Gasteiger partial charge in [0, 0.05) is 47.9 Å². The molecule has 3 N–H and O–H groups in total. The molecule has 0 radical (unpaired) electrons. The van der Waals surface area contributed by atoms with Crippen molar-refractivity contribution in [2.45, 2.75) is 53.9 Å². The molecule has 0 bridgehead atoms. The molecular weight excluding hydrogens is 505 g/mol. The Morgan fingerprint density at radius 2 is 1.35 bits per heavy atom. The van der Waals surface area contributed by atoms with Gasteiger partial charge in [0.1, 0.15) is 17.1 Å². The quantitative estimate of drug-likeness (QED) is 0.155. The molecule has 0 spiro atoms. The summed E-state index contributed by atoms with van der Waals surface area (Å²) in [6.45, 7) is 9.76. The summed E-state index contributed by atoms with van der Waals surface area (Å²) >= 11 is 0. The van der Waals surface area contributed by atoms with Gasteiger partial charge in [0.15, 0.2) is 0 Å². The SMILES string of the molecule is CC(=N)CCOc1ccc(F)cc1.CC(=N)Cc1ccc(C)cc1.CC(=N)Cc1ccc2c(C)cc(=O)oc2c1. The van der Waals surface area contributed by atoms with Gasteiger partial charge in [-0.1, -0.05) is 42.0 Å². The number of hydrogen-bond acceptors (Lipinski definition) is 6. The molecule has 0 fully saturated rings. The first-order chi connectivity index (χ1) is 18.9. The third-order valence-corrected chi connectivity index (χ3v) is 5.63. The average Bonchev–Trinajstić information content (AvgIpc) is 2.86. The van der Waals surface area contributed by atoms with Crippen LogP contribution in [0, 0.1) is 35.9 Å². The highest BCUT2D eigenvalue weighted by atomic mass is 19.1. The van der Waals surface area contributed by atoms with Crippen molar-refractivity contribution < 1.29 is 13.5 Å². The normalized spacial score (nSPS) is 10.1. The highest BCUT2D eigenvalue weighted by Gasteiger charge is 2.03. The van der Waals surface area contributed by atoms with Gasteiger partial charge in [-0.25, -0.2) is 9.18 Å². The van der Waals surface area contributed by atoms with Gasteiger partial charge in [-0.05, 0) is 81.6 Å². The largest absolute Gasteiger partial charge is 0.493 e. The standard InChI is InChI=1S/C13H13NO2.C10H12FNO.C10H13N/c1-8-5-13(15)16-12-7-10(6-9(2)14)3-4-11(8)12;1-8(12)6-7-13-10-4-2-9(11)3-5-10;1-8-3-5-10(6-4-8)7-9(2)11/h3-5,7,14H,6H2,1-2H3;2-5,12H,6-7H2,1H3;3-6,11H,7H2,1-2H3. The Kier molecular flexibility index (Phi) is 12.6. The number of hydrogen-bond donors (Lipinski definition) is 3. The Bertz CT molecular complexity index is 1490. The Morgan fingerprint density at radius 1 is 0.775 bits per heavy atom. The van der Waals surface area contributed by atoms with Crippen LogP contribution in [-0.4, -0.2) is 23.7 Å². The molecule has 4 aromatic rings. The first-order valence-corrected chi connectivity index (χ1v) is 13.0. The molecule has 210 valence electrons. The zero-order valence-corrected chi connectivity index (χ0v) is 23.9. The van der Waals surface area contributed by atoms with Crippen LogP contribution in [0.1, 0.15) is 49.4 Å². The van der Waals surface area contributed by atoms with Crippen LogP contribution in [0.4, 0.5) is 4.39 Å². The molecule has 0 atom stereocenters. The first kappa shape index (κ1) is 31.8. The van der Waals surface area contributed by atoms with Gasteiger partial charge in [0.05, 0.1) is 6.61 Å². The Balaban J connectivity index is 0.000000214. The number of halogens is 1. The Hall–Kier alpha value is -4.39. The molecule has 40 heavy (non-hydrogen) atoms. The van der Waals surface area contributed by atoms with Gasteiger partial charge in [-0.15, -0.1) is 0 Å².